The van der Waals surface area contributed by atoms with E-state index in [0.29, 0.717) is 0 Å². The Labute approximate surface area is 181 Å². The second-order valence-electron chi connectivity index (χ2n) is 6.67. The van der Waals surface area contributed by atoms with Crippen molar-refractivity contribution in [1.82, 2.24) is 0 Å². The highest BCUT2D eigenvalue weighted by atomic mass is 16.7. The zero-order chi connectivity index (χ0) is 24.7. The smallest absolute Gasteiger partial charge is 0.379 e. The molecule has 0 aromatic heterocycles. The van der Waals surface area contributed by atoms with E-state index in [9.17, 15) is 44.4 Å². The molecule has 1 aliphatic rings. The van der Waals surface area contributed by atoms with Crippen molar-refractivity contribution in [2.45, 2.75) is 64.3 Å². The summed E-state index contributed by atoms with van der Waals surface area (Å²) in [4.78, 5) is 59.3. The number of aliphatic hydroxyl groups excluding tert-OH is 4. The van der Waals surface area contributed by atoms with E-state index in [0.717, 1.165) is 27.7 Å². The fraction of sp³-hybridized carbons (Fsp3) is 0.611. The number of hydrogen-bond acceptors (Lipinski definition) is 14. The molecule has 0 amide bonds. The van der Waals surface area contributed by atoms with E-state index in [1.807, 2.05) is 0 Å². The second-order valence-corrected chi connectivity index (χ2v) is 6.67. The summed E-state index contributed by atoms with van der Waals surface area (Å²) in [7, 11) is 0. The molecule has 0 bridgehead atoms. The molecule has 1 rings (SSSR count). The lowest BCUT2D eigenvalue weighted by Gasteiger charge is -2.24. The number of esters is 5. The Kier molecular flexibility index (Phi) is 9.71. The van der Waals surface area contributed by atoms with E-state index in [2.05, 4.69) is 0 Å². The fourth-order valence-corrected chi connectivity index (χ4v) is 1.99. The van der Waals surface area contributed by atoms with Crippen LogP contribution in [-0.2, 0) is 47.7 Å². The number of carbonyl (C=O) groups is 5. The van der Waals surface area contributed by atoms with Gasteiger partial charge in [0, 0.05) is 0 Å². The number of carbonyl (C=O) groups excluding carboxylic acids is 5. The molecule has 0 saturated carbocycles. The molecule has 14 heteroatoms. The summed E-state index contributed by atoms with van der Waals surface area (Å²) in [6.07, 6.45) is -10.2. The molecule has 0 radical (unpaired) electrons. The highest BCUT2D eigenvalue weighted by Gasteiger charge is 2.47. The zero-order valence-electron chi connectivity index (χ0n) is 17.5. The highest BCUT2D eigenvalue weighted by molar-refractivity contribution is 5.94. The molecule has 0 aromatic carbocycles. The van der Waals surface area contributed by atoms with Crippen LogP contribution in [0.5, 0.6) is 0 Å². The molecular formula is C18H24O14. The second kappa shape index (κ2) is 11.5. The quantitative estimate of drug-likeness (QED) is 0.190. The van der Waals surface area contributed by atoms with Crippen LogP contribution in [0.4, 0.5) is 0 Å². The number of ether oxygens (including phenoxy) is 5. The number of hydrogen-bond donors (Lipinski definition) is 4. The molecule has 0 spiro atoms. The van der Waals surface area contributed by atoms with Crippen molar-refractivity contribution in [3.8, 4) is 0 Å². The van der Waals surface area contributed by atoms with Crippen molar-refractivity contribution in [2.75, 3.05) is 6.61 Å². The zero-order valence-corrected chi connectivity index (χ0v) is 17.5. The summed E-state index contributed by atoms with van der Waals surface area (Å²) in [6, 6.07) is 0. The van der Waals surface area contributed by atoms with Gasteiger partial charge in [-0.1, -0.05) is 0 Å². The van der Waals surface area contributed by atoms with Crippen molar-refractivity contribution in [1.29, 1.82) is 0 Å². The maximum Gasteiger partial charge on any atom is 0.379 e. The molecule has 1 heterocycles. The van der Waals surface area contributed by atoms with Crippen LogP contribution >= 0.6 is 0 Å². The summed E-state index contributed by atoms with van der Waals surface area (Å²) >= 11 is 0. The normalized spacial score (nSPS) is 20.4. The van der Waals surface area contributed by atoms with Crippen LogP contribution in [0.25, 0.3) is 0 Å². The Morgan fingerprint density at radius 1 is 0.812 bits per heavy atom. The average molecular weight is 464 g/mol. The number of cyclic esters (lactones) is 1. The topological polar surface area (TPSA) is 212 Å². The Bertz CT molecular complexity index is 779. The molecule has 4 N–H and O–H groups in total. The third-order valence-corrected chi connectivity index (χ3v) is 3.67. The lowest BCUT2D eigenvalue weighted by atomic mass is 10.1. The van der Waals surface area contributed by atoms with Gasteiger partial charge in [0.2, 0.25) is 11.9 Å². The Morgan fingerprint density at radius 3 is 1.75 bits per heavy atom. The lowest BCUT2D eigenvalue weighted by molar-refractivity contribution is -0.179. The fourth-order valence-electron chi connectivity index (χ4n) is 1.99. The third kappa shape index (κ3) is 7.26. The summed E-state index contributed by atoms with van der Waals surface area (Å²) in [5, 5.41) is 37.3. The predicted molar refractivity (Wildman–Crippen MR) is 96.7 cm³/mol. The Balaban J connectivity index is 3.37. The van der Waals surface area contributed by atoms with Gasteiger partial charge in [0.05, 0.1) is 0 Å². The minimum absolute atomic E-state index is 0.827. The molecule has 6 unspecified atom stereocenters. The van der Waals surface area contributed by atoms with Gasteiger partial charge in [-0.3, -0.25) is 0 Å². The minimum atomic E-state index is -1.84. The van der Waals surface area contributed by atoms with Crippen molar-refractivity contribution < 1.29 is 68.1 Å². The number of rotatable bonds is 10. The Hall–Kier alpha value is -3.07. The van der Waals surface area contributed by atoms with E-state index in [1.54, 1.807) is 0 Å². The van der Waals surface area contributed by atoms with Crippen LogP contribution in [0.3, 0.4) is 0 Å². The van der Waals surface area contributed by atoms with Gasteiger partial charge < -0.3 is 44.1 Å². The Morgan fingerprint density at radius 2 is 1.28 bits per heavy atom. The first-order valence-corrected chi connectivity index (χ1v) is 9.24. The van der Waals surface area contributed by atoms with Crippen molar-refractivity contribution in [3.63, 3.8) is 0 Å². The highest BCUT2D eigenvalue weighted by Crippen LogP contribution is 2.30. The van der Waals surface area contributed by atoms with Crippen LogP contribution in [0.2, 0.25) is 0 Å². The number of aliphatic hydroxyl groups is 4. The van der Waals surface area contributed by atoms with E-state index < -0.39 is 84.6 Å². The first kappa shape index (κ1) is 27.0. The van der Waals surface area contributed by atoms with Gasteiger partial charge in [-0.05, 0) is 27.7 Å². The van der Waals surface area contributed by atoms with Gasteiger partial charge in [0.1, 0.15) is 31.0 Å². The monoisotopic (exact) mass is 464 g/mol. The molecule has 0 saturated heterocycles. The van der Waals surface area contributed by atoms with Gasteiger partial charge >= 0.3 is 29.8 Å². The van der Waals surface area contributed by atoms with Crippen molar-refractivity contribution in [3.05, 3.63) is 11.5 Å². The molecule has 0 fully saturated rings. The van der Waals surface area contributed by atoms with Gasteiger partial charge in [-0.2, -0.15) is 0 Å². The molecule has 32 heavy (non-hydrogen) atoms. The van der Waals surface area contributed by atoms with Crippen LogP contribution in [-0.4, -0.2) is 93.5 Å². The lowest BCUT2D eigenvalue weighted by Crippen LogP contribution is -2.41. The van der Waals surface area contributed by atoms with Crippen LogP contribution in [0.15, 0.2) is 11.5 Å². The van der Waals surface area contributed by atoms with E-state index in [4.69, 9.17) is 23.7 Å². The summed E-state index contributed by atoms with van der Waals surface area (Å²) < 4.78 is 24.2. The average Bonchev–Trinajstić information content (AvgIpc) is 2.99. The standard InChI is InChI=1S/C18H24O14/c1-6(19)14(23)28-5-10(29-15(24)7(2)20)11-12(31-16(25)8(3)21)13(18(27)30-11)32-17(26)9(4)22/h6-11,19-22H,5H2,1-4H3. The summed E-state index contributed by atoms with van der Waals surface area (Å²) in [6.45, 7) is 3.31. The van der Waals surface area contributed by atoms with E-state index >= 15 is 0 Å². The molecule has 180 valence electrons. The van der Waals surface area contributed by atoms with Crippen LogP contribution in [0.1, 0.15) is 27.7 Å². The molecule has 0 aromatic rings. The van der Waals surface area contributed by atoms with E-state index in [-0.39, 0.29) is 0 Å². The SMILES string of the molecule is CC(O)C(=O)OCC(OC(=O)C(C)O)C1OC(=O)C(OC(=O)C(C)O)=C1OC(=O)C(C)O. The van der Waals surface area contributed by atoms with Gasteiger partial charge in [0.25, 0.3) is 5.76 Å². The molecule has 1 aliphatic heterocycles. The summed E-state index contributed by atoms with van der Waals surface area (Å²) in [5.41, 5.74) is 0. The largest absolute Gasteiger partial charge is 0.460 e. The van der Waals surface area contributed by atoms with Crippen molar-refractivity contribution >= 4 is 29.8 Å². The van der Waals surface area contributed by atoms with Gasteiger partial charge in [0.15, 0.2) is 6.10 Å². The van der Waals surface area contributed by atoms with Gasteiger partial charge in [-0.15, -0.1) is 0 Å². The van der Waals surface area contributed by atoms with Gasteiger partial charge in [-0.25, -0.2) is 24.0 Å². The minimum Gasteiger partial charge on any atom is -0.460 e. The first-order valence-electron chi connectivity index (χ1n) is 9.24. The van der Waals surface area contributed by atoms with Crippen LogP contribution in [0, 0.1) is 0 Å². The van der Waals surface area contributed by atoms with Crippen molar-refractivity contribution in [2.24, 2.45) is 0 Å². The first-order chi connectivity index (χ1) is 14.8. The predicted octanol–water partition coefficient (Wildman–Crippen LogP) is -2.81. The maximum absolute atomic E-state index is 12.2. The third-order valence-electron chi connectivity index (χ3n) is 3.67. The molecule has 14 nitrogen and oxygen atoms in total. The molecule has 6 atom stereocenters. The van der Waals surface area contributed by atoms with E-state index in [1.165, 1.54) is 0 Å². The molecular weight excluding hydrogens is 440 g/mol. The molecule has 0 aliphatic carbocycles. The summed E-state index contributed by atoms with van der Waals surface area (Å²) in [5.74, 6) is -8.26. The van der Waals surface area contributed by atoms with Crippen LogP contribution < -0.4 is 0 Å². The maximum atomic E-state index is 12.2.